The van der Waals surface area contributed by atoms with Crippen LogP contribution in [0.2, 0.25) is 0 Å². The zero-order valence-corrected chi connectivity index (χ0v) is 20.6. The average molecular weight is 550 g/mol. The molecule has 32 heavy (non-hydrogen) atoms. The van der Waals surface area contributed by atoms with Crippen LogP contribution >= 0.6 is 24.0 Å². The molecule has 0 saturated carbocycles. The van der Waals surface area contributed by atoms with Gasteiger partial charge in [-0.15, -0.1) is 24.0 Å². The van der Waals surface area contributed by atoms with Crippen molar-refractivity contribution in [2.24, 2.45) is 4.99 Å². The van der Waals surface area contributed by atoms with Crippen molar-refractivity contribution >= 4 is 41.5 Å². The second kappa shape index (κ2) is 11.7. The number of hydrogen-bond acceptors (Lipinski definition) is 3. The lowest BCUT2D eigenvalue weighted by Gasteiger charge is -2.27. The summed E-state index contributed by atoms with van der Waals surface area (Å²) in [6.07, 6.45) is 1.46. The molecular formula is C24H28FIN4O2. The molecule has 3 rings (SSSR count). The summed E-state index contributed by atoms with van der Waals surface area (Å²) in [5.41, 5.74) is 2.28. The third kappa shape index (κ3) is 7.08. The molecule has 0 bridgehead atoms. The predicted molar refractivity (Wildman–Crippen MR) is 136 cm³/mol. The Morgan fingerprint density at radius 1 is 1.06 bits per heavy atom. The molecule has 2 aromatic carbocycles. The highest BCUT2D eigenvalue weighted by molar-refractivity contribution is 14.0. The minimum atomic E-state index is -0.299. The van der Waals surface area contributed by atoms with Gasteiger partial charge in [-0.25, -0.2) is 4.39 Å². The van der Waals surface area contributed by atoms with Crippen molar-refractivity contribution in [3.8, 4) is 0 Å². The van der Waals surface area contributed by atoms with Gasteiger partial charge in [0.2, 0.25) is 0 Å². The second-order valence-electron chi connectivity index (χ2n) is 7.81. The molecule has 0 aliphatic carbocycles. The van der Waals surface area contributed by atoms with Crippen molar-refractivity contribution in [1.29, 1.82) is 0 Å². The maximum absolute atomic E-state index is 13.6. The minimum Gasteiger partial charge on any atom is -0.459 e. The molecule has 0 radical (unpaired) electrons. The van der Waals surface area contributed by atoms with Crippen LogP contribution in [0.3, 0.4) is 0 Å². The molecule has 0 spiro atoms. The Labute approximate surface area is 204 Å². The SMILES string of the molecule is CN=C(NCc1cccc(NC(=O)c2ccco2)c1)NCC(C)(C)c1cccc(F)c1.I. The first kappa shape index (κ1) is 25.4. The minimum absolute atomic E-state index is 0. The largest absolute Gasteiger partial charge is 0.459 e. The van der Waals surface area contributed by atoms with Gasteiger partial charge in [0.15, 0.2) is 11.7 Å². The third-order valence-corrected chi connectivity index (χ3v) is 4.92. The Hall–Kier alpha value is -2.88. The first-order chi connectivity index (χ1) is 14.9. The number of halogens is 2. The standard InChI is InChI=1S/C24H27FN4O2.HI/c1-24(2,18-8-5-9-19(25)14-18)16-28-23(26-3)27-15-17-7-4-10-20(13-17)29-22(30)21-11-6-12-31-21;/h4-14H,15-16H2,1-3H3,(H,29,30)(H2,26,27,28);1H. The van der Waals surface area contributed by atoms with Crippen LogP contribution in [0.15, 0.2) is 76.3 Å². The number of rotatable bonds is 7. The van der Waals surface area contributed by atoms with Gasteiger partial charge in [0.25, 0.3) is 5.91 Å². The molecule has 3 N–H and O–H groups in total. The number of guanidine groups is 1. The van der Waals surface area contributed by atoms with Crippen molar-refractivity contribution in [1.82, 2.24) is 10.6 Å². The average Bonchev–Trinajstić information content (AvgIpc) is 3.29. The number of carbonyl (C=O) groups excluding carboxylic acids is 1. The normalized spacial score (nSPS) is 11.4. The fourth-order valence-corrected chi connectivity index (χ4v) is 3.08. The summed E-state index contributed by atoms with van der Waals surface area (Å²) in [6, 6.07) is 17.5. The van der Waals surface area contributed by atoms with Crippen LogP contribution in [0.5, 0.6) is 0 Å². The maximum Gasteiger partial charge on any atom is 0.291 e. The van der Waals surface area contributed by atoms with E-state index in [1.807, 2.05) is 44.2 Å². The number of nitrogens with one attached hydrogen (secondary N) is 3. The van der Waals surface area contributed by atoms with Gasteiger partial charge in [-0.2, -0.15) is 0 Å². The molecule has 1 amide bonds. The van der Waals surface area contributed by atoms with E-state index in [1.54, 1.807) is 31.3 Å². The molecule has 0 unspecified atom stereocenters. The molecule has 0 fully saturated rings. The number of nitrogens with zero attached hydrogens (tertiary/aromatic N) is 1. The van der Waals surface area contributed by atoms with Crippen molar-refractivity contribution in [2.75, 3.05) is 18.9 Å². The van der Waals surface area contributed by atoms with Crippen LogP contribution in [0.4, 0.5) is 10.1 Å². The molecule has 1 aromatic heterocycles. The van der Waals surface area contributed by atoms with Crippen molar-refractivity contribution in [3.05, 3.63) is 89.6 Å². The Morgan fingerprint density at radius 2 is 1.84 bits per heavy atom. The zero-order chi connectivity index (χ0) is 22.3. The first-order valence-electron chi connectivity index (χ1n) is 10.0. The number of furan rings is 1. The molecule has 1 heterocycles. The van der Waals surface area contributed by atoms with Crippen LogP contribution in [0.25, 0.3) is 0 Å². The van der Waals surface area contributed by atoms with Crippen molar-refractivity contribution < 1.29 is 13.6 Å². The molecule has 170 valence electrons. The van der Waals surface area contributed by atoms with E-state index in [9.17, 15) is 9.18 Å². The van der Waals surface area contributed by atoms with E-state index < -0.39 is 0 Å². The highest BCUT2D eigenvalue weighted by Gasteiger charge is 2.21. The molecule has 0 aliphatic rings. The van der Waals surface area contributed by atoms with E-state index in [2.05, 4.69) is 20.9 Å². The van der Waals surface area contributed by atoms with Crippen LogP contribution in [-0.2, 0) is 12.0 Å². The number of hydrogen-bond donors (Lipinski definition) is 3. The monoisotopic (exact) mass is 550 g/mol. The number of anilines is 1. The lowest BCUT2D eigenvalue weighted by atomic mass is 9.84. The Morgan fingerprint density at radius 3 is 2.53 bits per heavy atom. The van der Waals surface area contributed by atoms with Crippen molar-refractivity contribution in [2.45, 2.75) is 25.8 Å². The Balaban J connectivity index is 0.00000363. The van der Waals surface area contributed by atoms with Gasteiger partial charge < -0.3 is 20.4 Å². The fraction of sp³-hybridized carbons (Fsp3) is 0.250. The predicted octanol–water partition coefficient (Wildman–Crippen LogP) is 4.93. The summed E-state index contributed by atoms with van der Waals surface area (Å²) in [7, 11) is 1.70. The number of aliphatic imine (C=N–C) groups is 1. The summed E-state index contributed by atoms with van der Waals surface area (Å²) < 4.78 is 18.7. The van der Waals surface area contributed by atoms with Crippen molar-refractivity contribution in [3.63, 3.8) is 0 Å². The summed E-state index contributed by atoms with van der Waals surface area (Å²) in [5.74, 6) is 0.350. The van der Waals surface area contributed by atoms with E-state index in [-0.39, 0.29) is 46.9 Å². The van der Waals surface area contributed by atoms with Gasteiger partial charge in [-0.3, -0.25) is 9.79 Å². The third-order valence-electron chi connectivity index (χ3n) is 4.92. The van der Waals surface area contributed by atoms with E-state index in [4.69, 9.17) is 4.42 Å². The summed E-state index contributed by atoms with van der Waals surface area (Å²) in [4.78, 5) is 16.4. The molecule has 3 aromatic rings. The quantitative estimate of drug-likeness (QED) is 0.222. The van der Waals surface area contributed by atoms with Gasteiger partial charge in [-0.1, -0.05) is 38.1 Å². The molecule has 0 saturated heterocycles. The van der Waals surface area contributed by atoms with E-state index in [0.29, 0.717) is 24.7 Å². The highest BCUT2D eigenvalue weighted by atomic mass is 127. The van der Waals surface area contributed by atoms with Gasteiger partial charge in [0, 0.05) is 31.2 Å². The molecule has 6 nitrogen and oxygen atoms in total. The second-order valence-corrected chi connectivity index (χ2v) is 7.81. The number of carbonyl (C=O) groups is 1. The van der Waals surface area contributed by atoms with Gasteiger partial charge in [0.1, 0.15) is 5.82 Å². The van der Waals surface area contributed by atoms with Crippen LogP contribution in [0, 0.1) is 5.82 Å². The molecular weight excluding hydrogens is 522 g/mol. The van der Waals surface area contributed by atoms with Gasteiger partial charge >= 0.3 is 0 Å². The molecule has 0 aliphatic heterocycles. The molecule has 8 heteroatoms. The smallest absolute Gasteiger partial charge is 0.291 e. The van der Waals surface area contributed by atoms with Crippen LogP contribution < -0.4 is 16.0 Å². The van der Waals surface area contributed by atoms with Crippen LogP contribution in [-0.4, -0.2) is 25.5 Å². The van der Waals surface area contributed by atoms with E-state index in [0.717, 1.165) is 11.1 Å². The lowest BCUT2D eigenvalue weighted by Crippen LogP contribution is -2.43. The Bertz CT molecular complexity index is 1050. The van der Waals surface area contributed by atoms with Crippen LogP contribution in [0.1, 0.15) is 35.5 Å². The summed E-state index contributed by atoms with van der Waals surface area (Å²) in [6.45, 7) is 5.19. The summed E-state index contributed by atoms with van der Waals surface area (Å²) in [5, 5.41) is 9.38. The maximum atomic E-state index is 13.6. The van der Waals surface area contributed by atoms with Gasteiger partial charge in [-0.05, 0) is 47.5 Å². The van der Waals surface area contributed by atoms with Gasteiger partial charge in [0.05, 0.1) is 6.26 Å². The summed E-state index contributed by atoms with van der Waals surface area (Å²) >= 11 is 0. The topological polar surface area (TPSA) is 78.7 Å². The lowest BCUT2D eigenvalue weighted by molar-refractivity contribution is 0.0996. The zero-order valence-electron chi connectivity index (χ0n) is 18.3. The highest BCUT2D eigenvalue weighted by Crippen LogP contribution is 2.22. The van der Waals surface area contributed by atoms with E-state index in [1.165, 1.54) is 12.3 Å². The fourth-order valence-electron chi connectivity index (χ4n) is 3.08. The number of amides is 1. The first-order valence-corrected chi connectivity index (χ1v) is 10.0. The number of benzene rings is 2. The van der Waals surface area contributed by atoms with E-state index >= 15 is 0 Å². The Kier molecular flexibility index (Phi) is 9.25. The molecule has 0 atom stereocenters.